The van der Waals surface area contributed by atoms with Gasteiger partial charge in [0.2, 0.25) is 5.91 Å². The molecule has 1 amide bonds. The summed E-state index contributed by atoms with van der Waals surface area (Å²) < 4.78 is 0. The van der Waals surface area contributed by atoms with E-state index in [4.69, 9.17) is 0 Å². The molecule has 4 heteroatoms. The van der Waals surface area contributed by atoms with Crippen molar-refractivity contribution in [3.63, 3.8) is 0 Å². The number of carboxylic acid groups (broad SMARTS) is 1. The number of carbonyl (C=O) groups excluding carboxylic acids is 1. The van der Waals surface area contributed by atoms with E-state index in [1.807, 2.05) is 25.1 Å². The Bertz CT molecular complexity index is 740. The van der Waals surface area contributed by atoms with Crippen LogP contribution in [0.2, 0.25) is 0 Å². The van der Waals surface area contributed by atoms with Crippen LogP contribution in [-0.4, -0.2) is 34.5 Å². The number of hydrogen-bond acceptors (Lipinski definition) is 2. The summed E-state index contributed by atoms with van der Waals surface area (Å²) in [5.41, 5.74) is 1.11. The molecule has 1 saturated heterocycles. The molecule has 0 aliphatic carbocycles. The maximum atomic E-state index is 12.6. The molecule has 2 aromatic carbocycles. The van der Waals surface area contributed by atoms with E-state index in [9.17, 15) is 14.7 Å². The largest absolute Gasteiger partial charge is 0.480 e. The number of benzene rings is 2. The maximum absolute atomic E-state index is 12.6. The van der Waals surface area contributed by atoms with Gasteiger partial charge in [-0.05, 0) is 35.6 Å². The van der Waals surface area contributed by atoms with Crippen molar-refractivity contribution in [3.8, 4) is 0 Å². The molecule has 1 fully saturated rings. The minimum absolute atomic E-state index is 0.0527. The van der Waals surface area contributed by atoms with E-state index in [2.05, 4.69) is 24.3 Å². The average molecular weight is 311 g/mol. The highest BCUT2D eigenvalue weighted by Crippen LogP contribution is 2.23. The highest BCUT2D eigenvalue weighted by Gasteiger charge is 2.35. The predicted octanol–water partition coefficient (Wildman–Crippen LogP) is 3.09. The SMILES string of the molecule is C[C@H](Cc1ccc2ccccc2c1)C(=O)N1CCC[C@@H]1C(=O)O. The van der Waals surface area contributed by atoms with E-state index in [1.54, 1.807) is 0 Å². The molecule has 2 atom stereocenters. The molecule has 1 aliphatic heterocycles. The summed E-state index contributed by atoms with van der Waals surface area (Å²) in [5.74, 6) is -1.16. The van der Waals surface area contributed by atoms with Crippen LogP contribution in [0, 0.1) is 5.92 Å². The Hall–Kier alpha value is -2.36. The van der Waals surface area contributed by atoms with E-state index in [0.717, 1.165) is 17.4 Å². The molecule has 0 unspecified atom stereocenters. The number of carboxylic acids is 1. The Kier molecular flexibility index (Phi) is 4.33. The first-order valence-corrected chi connectivity index (χ1v) is 8.07. The molecule has 120 valence electrons. The number of nitrogens with zero attached hydrogens (tertiary/aromatic N) is 1. The fraction of sp³-hybridized carbons (Fsp3) is 0.368. The lowest BCUT2D eigenvalue weighted by Crippen LogP contribution is -2.43. The lowest BCUT2D eigenvalue weighted by Gasteiger charge is -2.25. The van der Waals surface area contributed by atoms with E-state index >= 15 is 0 Å². The Balaban J connectivity index is 1.73. The molecule has 0 aromatic heterocycles. The predicted molar refractivity (Wildman–Crippen MR) is 89.2 cm³/mol. The molecule has 1 N–H and O–H groups in total. The van der Waals surface area contributed by atoms with Crippen LogP contribution < -0.4 is 0 Å². The van der Waals surface area contributed by atoms with Gasteiger partial charge in [0, 0.05) is 12.5 Å². The van der Waals surface area contributed by atoms with Crippen LogP contribution in [0.1, 0.15) is 25.3 Å². The zero-order chi connectivity index (χ0) is 16.4. The van der Waals surface area contributed by atoms with Gasteiger partial charge in [-0.15, -0.1) is 0 Å². The lowest BCUT2D eigenvalue weighted by atomic mass is 9.97. The smallest absolute Gasteiger partial charge is 0.326 e. The zero-order valence-corrected chi connectivity index (χ0v) is 13.2. The number of carbonyl (C=O) groups is 2. The summed E-state index contributed by atoms with van der Waals surface area (Å²) in [6, 6.07) is 13.7. The van der Waals surface area contributed by atoms with Crippen molar-refractivity contribution in [3.05, 3.63) is 48.0 Å². The molecular weight excluding hydrogens is 290 g/mol. The third-order valence-corrected chi connectivity index (χ3v) is 4.60. The highest BCUT2D eigenvalue weighted by molar-refractivity contribution is 5.86. The summed E-state index contributed by atoms with van der Waals surface area (Å²) >= 11 is 0. The molecule has 4 nitrogen and oxygen atoms in total. The van der Waals surface area contributed by atoms with Gasteiger partial charge in [-0.25, -0.2) is 4.79 Å². The molecule has 0 bridgehead atoms. The second-order valence-electron chi connectivity index (χ2n) is 6.31. The molecule has 1 heterocycles. The molecule has 1 aliphatic rings. The van der Waals surface area contributed by atoms with Crippen LogP contribution in [0.5, 0.6) is 0 Å². The minimum atomic E-state index is -0.895. The summed E-state index contributed by atoms with van der Waals surface area (Å²) in [5, 5.41) is 11.6. The monoisotopic (exact) mass is 311 g/mol. The third kappa shape index (κ3) is 3.21. The van der Waals surface area contributed by atoms with Gasteiger partial charge in [0.15, 0.2) is 0 Å². The van der Waals surface area contributed by atoms with Crippen LogP contribution in [0.25, 0.3) is 10.8 Å². The summed E-state index contributed by atoms with van der Waals surface area (Å²) in [7, 11) is 0. The highest BCUT2D eigenvalue weighted by atomic mass is 16.4. The maximum Gasteiger partial charge on any atom is 0.326 e. The average Bonchev–Trinajstić information content (AvgIpc) is 3.03. The van der Waals surface area contributed by atoms with Crippen LogP contribution >= 0.6 is 0 Å². The van der Waals surface area contributed by atoms with Crippen molar-refractivity contribution in [2.75, 3.05) is 6.54 Å². The first-order chi connectivity index (χ1) is 11.1. The molecule has 0 saturated carbocycles. The van der Waals surface area contributed by atoms with Gasteiger partial charge < -0.3 is 10.0 Å². The quantitative estimate of drug-likeness (QED) is 0.944. The van der Waals surface area contributed by atoms with Crippen LogP contribution in [0.4, 0.5) is 0 Å². The lowest BCUT2D eigenvalue weighted by molar-refractivity contribution is -0.149. The van der Waals surface area contributed by atoms with Crippen molar-refractivity contribution >= 4 is 22.6 Å². The minimum Gasteiger partial charge on any atom is -0.480 e. The van der Waals surface area contributed by atoms with Gasteiger partial charge in [-0.3, -0.25) is 4.79 Å². The van der Waals surface area contributed by atoms with Crippen molar-refractivity contribution < 1.29 is 14.7 Å². The fourth-order valence-corrected chi connectivity index (χ4v) is 3.38. The Morgan fingerprint density at radius 2 is 1.96 bits per heavy atom. The first kappa shape index (κ1) is 15.5. The van der Waals surface area contributed by atoms with Crippen molar-refractivity contribution in [2.24, 2.45) is 5.92 Å². The van der Waals surface area contributed by atoms with E-state index < -0.39 is 12.0 Å². The normalized spacial score (nSPS) is 19.0. The van der Waals surface area contributed by atoms with Crippen LogP contribution in [-0.2, 0) is 16.0 Å². The Labute approximate surface area is 135 Å². The van der Waals surface area contributed by atoms with Gasteiger partial charge in [-0.2, -0.15) is 0 Å². The number of amides is 1. The number of rotatable bonds is 4. The van der Waals surface area contributed by atoms with E-state index in [-0.39, 0.29) is 11.8 Å². The molecular formula is C19H21NO3. The standard InChI is InChI=1S/C19H21NO3/c1-13(18(21)20-10-4-7-17(20)19(22)23)11-14-8-9-15-5-2-3-6-16(15)12-14/h2-3,5-6,8-9,12-13,17H,4,7,10-11H2,1H3,(H,22,23)/t13-,17-/m1/s1. The molecule has 3 rings (SSSR count). The van der Waals surface area contributed by atoms with E-state index in [1.165, 1.54) is 10.3 Å². The number of likely N-dealkylation sites (tertiary alicyclic amines) is 1. The van der Waals surface area contributed by atoms with Crippen LogP contribution in [0.15, 0.2) is 42.5 Å². The molecule has 2 aromatic rings. The molecule has 0 spiro atoms. The van der Waals surface area contributed by atoms with Gasteiger partial charge in [-0.1, -0.05) is 49.4 Å². The fourth-order valence-electron chi connectivity index (χ4n) is 3.38. The molecule has 0 radical (unpaired) electrons. The second kappa shape index (κ2) is 6.41. The van der Waals surface area contributed by atoms with Gasteiger partial charge in [0.1, 0.15) is 6.04 Å². The third-order valence-electron chi connectivity index (χ3n) is 4.60. The van der Waals surface area contributed by atoms with Crippen molar-refractivity contribution in [1.29, 1.82) is 0 Å². The number of aliphatic carboxylic acids is 1. The van der Waals surface area contributed by atoms with E-state index in [0.29, 0.717) is 19.4 Å². The Morgan fingerprint density at radius 1 is 1.22 bits per heavy atom. The summed E-state index contributed by atoms with van der Waals surface area (Å²) in [6.07, 6.45) is 1.96. The van der Waals surface area contributed by atoms with Crippen molar-refractivity contribution in [1.82, 2.24) is 4.90 Å². The van der Waals surface area contributed by atoms with Gasteiger partial charge >= 0.3 is 5.97 Å². The summed E-state index contributed by atoms with van der Waals surface area (Å²) in [4.78, 5) is 25.4. The van der Waals surface area contributed by atoms with Crippen molar-refractivity contribution in [2.45, 2.75) is 32.2 Å². The topological polar surface area (TPSA) is 57.6 Å². The second-order valence-corrected chi connectivity index (χ2v) is 6.31. The summed E-state index contributed by atoms with van der Waals surface area (Å²) in [6.45, 7) is 2.44. The van der Waals surface area contributed by atoms with Gasteiger partial charge in [0.25, 0.3) is 0 Å². The number of fused-ring (bicyclic) bond motifs is 1. The Morgan fingerprint density at radius 3 is 2.70 bits per heavy atom. The van der Waals surface area contributed by atoms with Crippen LogP contribution in [0.3, 0.4) is 0 Å². The van der Waals surface area contributed by atoms with Gasteiger partial charge in [0.05, 0.1) is 0 Å². The zero-order valence-electron chi connectivity index (χ0n) is 13.2. The number of hydrogen-bond donors (Lipinski definition) is 1. The first-order valence-electron chi connectivity index (χ1n) is 8.07. The molecule has 23 heavy (non-hydrogen) atoms.